The Labute approximate surface area is 84.3 Å². The quantitative estimate of drug-likeness (QED) is 0.801. The molecule has 14 heavy (non-hydrogen) atoms. The summed E-state index contributed by atoms with van der Waals surface area (Å²) in [5.41, 5.74) is 5.70. The molecule has 0 aliphatic rings. The molecular weight excluding hydrogens is 179 g/mol. The monoisotopic (exact) mass is 196 g/mol. The third kappa shape index (κ3) is 3.07. The molecule has 0 radical (unpaired) electrons. The van der Waals surface area contributed by atoms with Crippen molar-refractivity contribution in [3.8, 4) is 0 Å². The number of nitrogens with two attached hydrogens (primary N) is 1. The topological polar surface area (TPSA) is 38.9 Å². The predicted octanol–water partition coefficient (Wildman–Crippen LogP) is 2.18. The lowest BCUT2D eigenvalue weighted by molar-refractivity contribution is 0.221. The minimum Gasteiger partial charge on any atom is -0.330 e. The Morgan fingerprint density at radius 2 is 2.21 bits per heavy atom. The highest BCUT2D eigenvalue weighted by Crippen LogP contribution is 2.24. The summed E-state index contributed by atoms with van der Waals surface area (Å²) in [5.74, 6) is 0. The van der Waals surface area contributed by atoms with E-state index in [1.807, 2.05) is 6.07 Å². The Morgan fingerprint density at radius 3 is 2.79 bits per heavy atom. The molecule has 0 saturated carbocycles. The van der Waals surface area contributed by atoms with Crippen LogP contribution >= 0.6 is 0 Å². The maximum Gasteiger partial charge on any atom is 0.130 e. The van der Waals surface area contributed by atoms with Crippen molar-refractivity contribution < 1.29 is 4.39 Å². The second-order valence-corrected chi connectivity index (χ2v) is 3.90. The first kappa shape index (κ1) is 11.1. The first-order chi connectivity index (χ1) is 6.54. The lowest BCUT2D eigenvalue weighted by Gasteiger charge is -2.14. The van der Waals surface area contributed by atoms with Crippen LogP contribution in [0.5, 0.6) is 0 Å². The zero-order chi connectivity index (χ0) is 10.6. The van der Waals surface area contributed by atoms with Crippen LogP contribution in [0.3, 0.4) is 0 Å². The van der Waals surface area contributed by atoms with Gasteiger partial charge in [0.15, 0.2) is 0 Å². The number of aromatic nitrogens is 1. The second kappa shape index (κ2) is 4.51. The third-order valence-corrected chi connectivity index (χ3v) is 2.14. The summed E-state index contributed by atoms with van der Waals surface area (Å²) < 4.78 is 13.6. The molecule has 0 aliphatic carbocycles. The molecule has 0 spiro atoms. The number of hydrogen-bond donors (Lipinski definition) is 1. The summed E-state index contributed by atoms with van der Waals surface area (Å²) in [5, 5.41) is 0. The van der Waals surface area contributed by atoms with Crippen molar-refractivity contribution in [1.29, 1.82) is 0 Å². The molecule has 78 valence electrons. The fourth-order valence-electron chi connectivity index (χ4n) is 1.27. The van der Waals surface area contributed by atoms with E-state index in [1.54, 1.807) is 26.1 Å². The smallest absolute Gasteiger partial charge is 0.130 e. The van der Waals surface area contributed by atoms with E-state index in [0.29, 0.717) is 12.1 Å². The summed E-state index contributed by atoms with van der Waals surface area (Å²) in [6.45, 7) is 3.75. The van der Waals surface area contributed by atoms with E-state index in [2.05, 4.69) is 4.98 Å². The Balaban J connectivity index is 2.79. The Bertz CT molecular complexity index is 292. The highest BCUT2D eigenvalue weighted by atomic mass is 19.1. The van der Waals surface area contributed by atoms with Crippen molar-refractivity contribution in [2.24, 2.45) is 5.73 Å². The van der Waals surface area contributed by atoms with Crippen molar-refractivity contribution >= 4 is 0 Å². The summed E-state index contributed by atoms with van der Waals surface area (Å²) in [6, 6.07) is 3.53. The van der Waals surface area contributed by atoms with E-state index in [0.717, 1.165) is 18.5 Å². The van der Waals surface area contributed by atoms with Gasteiger partial charge in [0.2, 0.25) is 0 Å². The van der Waals surface area contributed by atoms with Gasteiger partial charge in [-0.3, -0.25) is 4.98 Å². The Hall–Kier alpha value is -0.960. The molecule has 2 nitrogen and oxygen atoms in total. The van der Waals surface area contributed by atoms with Gasteiger partial charge in [-0.1, -0.05) is 0 Å². The van der Waals surface area contributed by atoms with Gasteiger partial charge in [0.05, 0.1) is 0 Å². The summed E-state index contributed by atoms with van der Waals surface area (Å²) in [7, 11) is 0. The van der Waals surface area contributed by atoms with Gasteiger partial charge >= 0.3 is 0 Å². The minimum atomic E-state index is -1.29. The zero-order valence-corrected chi connectivity index (χ0v) is 8.76. The van der Waals surface area contributed by atoms with E-state index in [1.165, 1.54) is 0 Å². The fraction of sp³-hybridized carbons (Fsp3) is 0.545. The van der Waals surface area contributed by atoms with Crippen molar-refractivity contribution in [1.82, 2.24) is 4.98 Å². The normalized spacial score (nSPS) is 11.7. The molecular formula is C11H17FN2. The van der Waals surface area contributed by atoms with Gasteiger partial charge < -0.3 is 5.73 Å². The highest BCUT2D eigenvalue weighted by molar-refractivity contribution is 5.21. The third-order valence-electron chi connectivity index (χ3n) is 2.14. The summed E-state index contributed by atoms with van der Waals surface area (Å²) in [6.07, 6.45) is 3.37. The number of aryl methyl sites for hydroxylation is 1. The van der Waals surface area contributed by atoms with Crippen molar-refractivity contribution in [3.63, 3.8) is 0 Å². The average molecular weight is 196 g/mol. The van der Waals surface area contributed by atoms with E-state index in [-0.39, 0.29) is 0 Å². The molecule has 0 aliphatic heterocycles. The van der Waals surface area contributed by atoms with E-state index < -0.39 is 5.67 Å². The molecule has 0 atom stereocenters. The molecule has 0 fully saturated rings. The molecule has 0 amide bonds. The van der Waals surface area contributed by atoms with Crippen LogP contribution in [0.2, 0.25) is 0 Å². The number of rotatable bonds is 4. The fourth-order valence-corrected chi connectivity index (χ4v) is 1.27. The van der Waals surface area contributed by atoms with E-state index in [4.69, 9.17) is 5.73 Å². The lowest BCUT2D eigenvalue weighted by atomic mass is 10.00. The van der Waals surface area contributed by atoms with Crippen LogP contribution in [0.25, 0.3) is 0 Å². The summed E-state index contributed by atoms with van der Waals surface area (Å²) in [4.78, 5) is 4.17. The number of pyridine rings is 1. The molecule has 1 heterocycles. The number of halogens is 1. The molecule has 2 N–H and O–H groups in total. The molecule has 3 heteroatoms. The van der Waals surface area contributed by atoms with Crippen molar-refractivity contribution in [3.05, 3.63) is 29.6 Å². The maximum atomic E-state index is 13.6. The SMILES string of the molecule is CC(C)(F)c1ccnc(CCCN)c1. The van der Waals surface area contributed by atoms with Gasteiger partial charge in [-0.05, 0) is 50.9 Å². The van der Waals surface area contributed by atoms with Gasteiger partial charge in [-0.25, -0.2) is 4.39 Å². The van der Waals surface area contributed by atoms with Crippen LogP contribution in [0, 0.1) is 0 Å². The summed E-state index contributed by atoms with van der Waals surface area (Å²) >= 11 is 0. The van der Waals surface area contributed by atoms with Crippen LogP contribution in [-0.4, -0.2) is 11.5 Å². The maximum absolute atomic E-state index is 13.6. The zero-order valence-electron chi connectivity index (χ0n) is 8.76. The molecule has 0 bridgehead atoms. The van der Waals surface area contributed by atoms with Gasteiger partial charge in [0, 0.05) is 11.9 Å². The van der Waals surface area contributed by atoms with Crippen LogP contribution < -0.4 is 5.73 Å². The average Bonchev–Trinajstić information content (AvgIpc) is 2.14. The number of hydrogen-bond acceptors (Lipinski definition) is 2. The largest absolute Gasteiger partial charge is 0.330 e. The standard InChI is InChI=1S/C11H17FN2/c1-11(2,12)9-5-7-14-10(8-9)4-3-6-13/h5,7-8H,3-4,6,13H2,1-2H3. The first-order valence-electron chi connectivity index (χ1n) is 4.88. The molecule has 0 aromatic carbocycles. The van der Waals surface area contributed by atoms with Gasteiger partial charge in [0.1, 0.15) is 5.67 Å². The van der Waals surface area contributed by atoms with Gasteiger partial charge in [-0.15, -0.1) is 0 Å². The second-order valence-electron chi connectivity index (χ2n) is 3.90. The minimum absolute atomic E-state index is 0.644. The van der Waals surface area contributed by atoms with Crippen LogP contribution in [-0.2, 0) is 12.1 Å². The number of nitrogens with zero attached hydrogens (tertiary/aromatic N) is 1. The van der Waals surface area contributed by atoms with E-state index >= 15 is 0 Å². The Kier molecular flexibility index (Phi) is 3.58. The molecule has 0 saturated heterocycles. The van der Waals surface area contributed by atoms with Gasteiger partial charge in [-0.2, -0.15) is 0 Å². The molecule has 0 unspecified atom stereocenters. The van der Waals surface area contributed by atoms with E-state index in [9.17, 15) is 4.39 Å². The van der Waals surface area contributed by atoms with Crippen molar-refractivity contribution in [2.75, 3.05) is 6.54 Å². The molecule has 1 rings (SSSR count). The van der Waals surface area contributed by atoms with Crippen molar-refractivity contribution in [2.45, 2.75) is 32.4 Å². The lowest BCUT2D eigenvalue weighted by Crippen LogP contribution is -2.10. The van der Waals surface area contributed by atoms with Crippen LogP contribution in [0.4, 0.5) is 4.39 Å². The van der Waals surface area contributed by atoms with Crippen LogP contribution in [0.15, 0.2) is 18.3 Å². The van der Waals surface area contributed by atoms with Gasteiger partial charge in [0.25, 0.3) is 0 Å². The molecule has 1 aromatic heterocycles. The Morgan fingerprint density at radius 1 is 1.50 bits per heavy atom. The highest BCUT2D eigenvalue weighted by Gasteiger charge is 2.18. The number of alkyl halides is 1. The first-order valence-corrected chi connectivity index (χ1v) is 4.88. The molecule has 1 aromatic rings. The van der Waals surface area contributed by atoms with Crippen LogP contribution in [0.1, 0.15) is 31.5 Å². The predicted molar refractivity (Wildman–Crippen MR) is 55.7 cm³/mol.